The molecule has 1 aliphatic carbocycles. The van der Waals surface area contributed by atoms with Gasteiger partial charge >= 0.3 is 0 Å². The Bertz CT molecular complexity index is 568. The minimum Gasteiger partial charge on any atom is -0.375 e. The first-order valence-electron chi connectivity index (χ1n) is 10.1. The van der Waals surface area contributed by atoms with Gasteiger partial charge in [-0.3, -0.25) is 0 Å². The van der Waals surface area contributed by atoms with Crippen LogP contribution in [0.3, 0.4) is 0 Å². The topological polar surface area (TPSA) is 61.8 Å². The predicted octanol–water partition coefficient (Wildman–Crippen LogP) is 2.69. The highest BCUT2D eigenvalue weighted by molar-refractivity contribution is 5.80. The highest BCUT2D eigenvalue weighted by Gasteiger charge is 2.18. The summed E-state index contributed by atoms with van der Waals surface area (Å²) in [6.07, 6.45) is 8.72. The number of hydrogen-bond acceptors (Lipinski definition) is 4. The number of anilines is 1. The molecule has 1 aliphatic heterocycles. The third kappa shape index (κ3) is 5.59. The largest absolute Gasteiger partial charge is 0.375 e. The minimum absolute atomic E-state index is 0.267. The maximum absolute atomic E-state index is 5.60. The lowest BCUT2D eigenvalue weighted by Crippen LogP contribution is -2.44. The lowest BCUT2D eigenvalue weighted by atomic mass is 9.96. The first kappa shape index (κ1) is 19.0. The van der Waals surface area contributed by atoms with Gasteiger partial charge in [-0.2, -0.15) is 0 Å². The molecule has 2 aliphatic rings. The molecule has 0 spiro atoms. The van der Waals surface area contributed by atoms with E-state index in [0.29, 0.717) is 12.6 Å². The Hall–Kier alpha value is -1.82. The first-order valence-corrected chi connectivity index (χ1v) is 10.1. The monoisotopic (exact) mass is 359 g/mol. The molecule has 1 saturated carbocycles. The molecule has 144 valence electrons. The van der Waals surface area contributed by atoms with E-state index < -0.39 is 0 Å². The van der Waals surface area contributed by atoms with Gasteiger partial charge in [0, 0.05) is 31.9 Å². The van der Waals surface area contributed by atoms with Crippen LogP contribution in [0.1, 0.15) is 51.5 Å². The maximum Gasteiger partial charge on any atom is 0.191 e. The summed E-state index contributed by atoms with van der Waals surface area (Å²) in [7, 11) is 0. The second-order valence-electron chi connectivity index (χ2n) is 7.33. The van der Waals surface area contributed by atoms with Crippen molar-refractivity contribution in [3.8, 4) is 0 Å². The SMILES string of the molecule is CCNC(=NCc1ccc(N2CCOC(C)C2)nc1)NC1CCCCC1. The number of aliphatic imine (C=N–C) groups is 1. The van der Waals surface area contributed by atoms with Crippen molar-refractivity contribution in [1.29, 1.82) is 0 Å². The number of nitrogens with one attached hydrogen (secondary N) is 2. The number of rotatable bonds is 5. The van der Waals surface area contributed by atoms with Crippen molar-refractivity contribution in [2.45, 2.75) is 64.6 Å². The van der Waals surface area contributed by atoms with E-state index in [1.54, 1.807) is 0 Å². The molecular formula is C20H33N5O. The molecular weight excluding hydrogens is 326 g/mol. The smallest absolute Gasteiger partial charge is 0.191 e. The van der Waals surface area contributed by atoms with Crippen LogP contribution >= 0.6 is 0 Å². The van der Waals surface area contributed by atoms with Crippen molar-refractivity contribution in [3.63, 3.8) is 0 Å². The molecule has 6 heteroatoms. The summed E-state index contributed by atoms with van der Waals surface area (Å²) < 4.78 is 5.60. The van der Waals surface area contributed by atoms with Gasteiger partial charge in [0.1, 0.15) is 5.82 Å². The summed E-state index contributed by atoms with van der Waals surface area (Å²) in [4.78, 5) is 11.7. The summed E-state index contributed by atoms with van der Waals surface area (Å²) in [6.45, 7) is 8.33. The van der Waals surface area contributed by atoms with Crippen molar-refractivity contribution in [2.75, 3.05) is 31.1 Å². The second-order valence-corrected chi connectivity index (χ2v) is 7.33. The third-order valence-corrected chi connectivity index (χ3v) is 5.08. The van der Waals surface area contributed by atoms with Crippen LogP contribution in [0.25, 0.3) is 0 Å². The molecule has 1 saturated heterocycles. The fraction of sp³-hybridized carbons (Fsp3) is 0.700. The molecule has 1 atom stereocenters. The van der Waals surface area contributed by atoms with Crippen LogP contribution in [-0.2, 0) is 11.3 Å². The number of guanidine groups is 1. The van der Waals surface area contributed by atoms with Gasteiger partial charge < -0.3 is 20.3 Å². The molecule has 0 bridgehead atoms. The fourth-order valence-electron chi connectivity index (χ4n) is 3.65. The molecule has 2 fully saturated rings. The number of pyridine rings is 1. The van der Waals surface area contributed by atoms with E-state index in [-0.39, 0.29) is 6.10 Å². The van der Waals surface area contributed by atoms with Gasteiger partial charge in [0.25, 0.3) is 0 Å². The highest BCUT2D eigenvalue weighted by Crippen LogP contribution is 2.18. The molecule has 1 aromatic heterocycles. The molecule has 1 aromatic rings. The van der Waals surface area contributed by atoms with Gasteiger partial charge in [0.15, 0.2) is 5.96 Å². The van der Waals surface area contributed by atoms with Crippen LogP contribution in [0, 0.1) is 0 Å². The Labute approximate surface area is 157 Å². The van der Waals surface area contributed by atoms with Gasteiger partial charge in [-0.25, -0.2) is 9.98 Å². The summed E-state index contributed by atoms with van der Waals surface area (Å²) >= 11 is 0. The highest BCUT2D eigenvalue weighted by atomic mass is 16.5. The van der Waals surface area contributed by atoms with Crippen LogP contribution in [0.4, 0.5) is 5.82 Å². The molecule has 6 nitrogen and oxygen atoms in total. The molecule has 2 N–H and O–H groups in total. The lowest BCUT2D eigenvalue weighted by Gasteiger charge is -2.32. The van der Waals surface area contributed by atoms with Crippen LogP contribution in [0.15, 0.2) is 23.3 Å². The van der Waals surface area contributed by atoms with Crippen LogP contribution in [-0.4, -0.2) is 49.3 Å². The zero-order chi connectivity index (χ0) is 18.2. The van der Waals surface area contributed by atoms with E-state index in [1.807, 2.05) is 6.20 Å². The number of morpholine rings is 1. The number of nitrogens with zero attached hydrogens (tertiary/aromatic N) is 3. The van der Waals surface area contributed by atoms with Gasteiger partial charge in [-0.05, 0) is 38.3 Å². The average Bonchev–Trinajstić information content (AvgIpc) is 2.67. The third-order valence-electron chi connectivity index (χ3n) is 5.08. The number of aromatic nitrogens is 1. The van der Waals surface area contributed by atoms with E-state index in [0.717, 1.165) is 43.6 Å². The standard InChI is InChI=1S/C20H33N5O/c1-3-21-20(24-18-7-5-4-6-8-18)23-14-17-9-10-19(22-13-17)25-11-12-26-16(2)15-25/h9-10,13,16,18H,3-8,11-12,14-15H2,1-2H3,(H2,21,23,24). The van der Waals surface area contributed by atoms with Gasteiger partial charge in [0.05, 0.1) is 19.3 Å². The van der Waals surface area contributed by atoms with Gasteiger partial charge in [-0.1, -0.05) is 25.3 Å². The van der Waals surface area contributed by atoms with Gasteiger partial charge in [0.2, 0.25) is 0 Å². The predicted molar refractivity (Wildman–Crippen MR) is 107 cm³/mol. The van der Waals surface area contributed by atoms with E-state index in [9.17, 15) is 0 Å². The molecule has 0 aromatic carbocycles. The Balaban J connectivity index is 1.56. The Morgan fingerprint density at radius 3 is 2.85 bits per heavy atom. The van der Waals surface area contributed by atoms with Gasteiger partial charge in [-0.15, -0.1) is 0 Å². The van der Waals surface area contributed by atoms with Crippen LogP contribution in [0.2, 0.25) is 0 Å². The van der Waals surface area contributed by atoms with E-state index >= 15 is 0 Å². The summed E-state index contributed by atoms with van der Waals surface area (Å²) in [5.74, 6) is 1.95. The normalized spacial score (nSPS) is 22.3. The number of ether oxygens (including phenoxy) is 1. The van der Waals surface area contributed by atoms with Crippen molar-refractivity contribution in [2.24, 2.45) is 4.99 Å². The lowest BCUT2D eigenvalue weighted by molar-refractivity contribution is 0.0529. The quantitative estimate of drug-likeness (QED) is 0.625. The van der Waals surface area contributed by atoms with E-state index in [4.69, 9.17) is 9.73 Å². The summed E-state index contributed by atoms with van der Waals surface area (Å²) in [5, 5.41) is 6.96. The molecule has 0 radical (unpaired) electrons. The second kappa shape index (κ2) is 9.76. The van der Waals surface area contributed by atoms with Crippen molar-refractivity contribution in [3.05, 3.63) is 23.9 Å². The Morgan fingerprint density at radius 2 is 2.15 bits per heavy atom. The number of hydrogen-bond donors (Lipinski definition) is 2. The van der Waals surface area contributed by atoms with E-state index in [2.05, 4.69) is 46.5 Å². The fourth-order valence-corrected chi connectivity index (χ4v) is 3.65. The molecule has 2 heterocycles. The zero-order valence-electron chi connectivity index (χ0n) is 16.2. The van der Waals surface area contributed by atoms with Crippen LogP contribution in [0.5, 0.6) is 0 Å². The summed E-state index contributed by atoms with van der Waals surface area (Å²) in [6, 6.07) is 4.80. The minimum atomic E-state index is 0.267. The van der Waals surface area contributed by atoms with Crippen LogP contribution < -0.4 is 15.5 Å². The zero-order valence-corrected chi connectivity index (χ0v) is 16.2. The molecule has 26 heavy (non-hydrogen) atoms. The Morgan fingerprint density at radius 1 is 1.31 bits per heavy atom. The van der Waals surface area contributed by atoms with Crippen molar-refractivity contribution < 1.29 is 4.74 Å². The summed E-state index contributed by atoms with van der Waals surface area (Å²) in [5.41, 5.74) is 1.14. The first-order chi connectivity index (χ1) is 12.7. The molecule has 1 unspecified atom stereocenters. The maximum atomic E-state index is 5.60. The van der Waals surface area contributed by atoms with E-state index in [1.165, 1.54) is 32.1 Å². The molecule has 0 amide bonds. The van der Waals surface area contributed by atoms with Crippen molar-refractivity contribution >= 4 is 11.8 Å². The molecule has 3 rings (SSSR count). The average molecular weight is 360 g/mol. The Kier molecular flexibility index (Phi) is 7.12. The van der Waals surface area contributed by atoms with Crippen molar-refractivity contribution in [1.82, 2.24) is 15.6 Å².